The molecule has 1 aromatic carbocycles. The van der Waals surface area contributed by atoms with E-state index in [-0.39, 0.29) is 12.0 Å². The Morgan fingerprint density at radius 3 is 2.78 bits per heavy atom. The predicted octanol–water partition coefficient (Wildman–Crippen LogP) is 3.07. The molecule has 2 N–H and O–H groups in total. The number of hydrogen-bond acceptors (Lipinski definition) is 5. The van der Waals surface area contributed by atoms with Crippen LogP contribution in [0.15, 0.2) is 28.8 Å². The molecule has 1 aliphatic rings. The van der Waals surface area contributed by atoms with E-state index in [0.717, 1.165) is 17.1 Å². The Labute approximate surface area is 113 Å². The maximum atomic E-state index is 6.19. The number of thioether (sulfide) groups is 1. The van der Waals surface area contributed by atoms with Crippen LogP contribution in [-0.4, -0.2) is 22.8 Å². The minimum absolute atomic E-state index is 0.279. The van der Waals surface area contributed by atoms with Crippen LogP contribution < -0.4 is 10.5 Å². The monoisotopic (exact) mass is 282 g/mol. The molecule has 1 saturated heterocycles. The summed E-state index contributed by atoms with van der Waals surface area (Å²) in [6.45, 7) is 0. The van der Waals surface area contributed by atoms with Crippen molar-refractivity contribution in [1.82, 2.24) is 5.16 Å². The van der Waals surface area contributed by atoms with Gasteiger partial charge in [-0.3, -0.25) is 0 Å². The normalized spacial score (nSPS) is 15.4. The zero-order valence-electron chi connectivity index (χ0n) is 9.43. The van der Waals surface area contributed by atoms with Crippen LogP contribution in [-0.2, 0) is 0 Å². The van der Waals surface area contributed by atoms with Crippen molar-refractivity contribution in [2.75, 3.05) is 17.2 Å². The van der Waals surface area contributed by atoms with Crippen LogP contribution in [0.2, 0.25) is 5.02 Å². The Balaban J connectivity index is 1.83. The number of nitrogens with two attached hydrogens (primary N) is 1. The lowest BCUT2D eigenvalue weighted by atomic mass is 10.1. The third-order valence-corrected chi connectivity index (χ3v) is 4.17. The molecule has 2 aromatic rings. The Morgan fingerprint density at radius 1 is 1.39 bits per heavy atom. The van der Waals surface area contributed by atoms with Gasteiger partial charge in [-0.05, 0) is 18.2 Å². The molecule has 4 nitrogen and oxygen atoms in total. The maximum absolute atomic E-state index is 6.19. The van der Waals surface area contributed by atoms with Crippen LogP contribution in [0.1, 0.15) is 0 Å². The second-order valence-corrected chi connectivity index (χ2v) is 5.52. The summed E-state index contributed by atoms with van der Waals surface area (Å²) in [6, 6.07) is 7.21. The van der Waals surface area contributed by atoms with Crippen LogP contribution in [0.3, 0.4) is 0 Å². The van der Waals surface area contributed by atoms with Crippen molar-refractivity contribution in [3.05, 3.63) is 29.3 Å². The number of anilines is 1. The van der Waals surface area contributed by atoms with E-state index in [0.29, 0.717) is 16.5 Å². The van der Waals surface area contributed by atoms with E-state index in [9.17, 15) is 0 Å². The average molecular weight is 283 g/mol. The molecule has 0 spiro atoms. The first kappa shape index (κ1) is 11.7. The highest BCUT2D eigenvalue weighted by molar-refractivity contribution is 8.00. The van der Waals surface area contributed by atoms with E-state index in [4.69, 9.17) is 26.6 Å². The maximum Gasteiger partial charge on any atom is 0.222 e. The molecular formula is C12H11ClN2O2S. The topological polar surface area (TPSA) is 61.3 Å². The molecule has 6 heteroatoms. The fourth-order valence-electron chi connectivity index (χ4n) is 1.64. The summed E-state index contributed by atoms with van der Waals surface area (Å²) >= 11 is 8.06. The van der Waals surface area contributed by atoms with Gasteiger partial charge in [0.05, 0.1) is 5.02 Å². The molecule has 0 radical (unpaired) electrons. The fourth-order valence-corrected chi connectivity index (χ4v) is 2.43. The minimum atomic E-state index is 0.279. The average Bonchev–Trinajstić information content (AvgIpc) is 2.72. The number of benzene rings is 1. The molecular weight excluding hydrogens is 272 g/mol. The summed E-state index contributed by atoms with van der Waals surface area (Å²) in [7, 11) is 0. The van der Waals surface area contributed by atoms with Gasteiger partial charge in [0.15, 0.2) is 0 Å². The number of nitrogens with zero attached hydrogens (tertiary/aromatic N) is 1. The summed E-state index contributed by atoms with van der Waals surface area (Å²) in [6.07, 6.45) is 0.279. The molecule has 0 amide bonds. The minimum Gasteiger partial charge on any atom is -0.487 e. The van der Waals surface area contributed by atoms with E-state index >= 15 is 0 Å². The van der Waals surface area contributed by atoms with Crippen molar-refractivity contribution < 1.29 is 9.26 Å². The summed E-state index contributed by atoms with van der Waals surface area (Å²) in [5.41, 5.74) is 7.01. The van der Waals surface area contributed by atoms with Crippen LogP contribution in [0, 0.1) is 0 Å². The zero-order chi connectivity index (χ0) is 12.5. The molecule has 1 fully saturated rings. The van der Waals surface area contributed by atoms with Crippen molar-refractivity contribution in [3.8, 4) is 17.0 Å². The Kier molecular flexibility index (Phi) is 3.09. The molecule has 0 unspecified atom stereocenters. The smallest absolute Gasteiger partial charge is 0.222 e. The van der Waals surface area contributed by atoms with Gasteiger partial charge in [0.25, 0.3) is 0 Å². The zero-order valence-corrected chi connectivity index (χ0v) is 11.0. The molecule has 0 aliphatic carbocycles. The quantitative estimate of drug-likeness (QED) is 0.937. The molecule has 3 rings (SSSR count). The Morgan fingerprint density at radius 2 is 2.22 bits per heavy atom. The van der Waals surface area contributed by atoms with Gasteiger partial charge in [-0.25, -0.2) is 0 Å². The van der Waals surface area contributed by atoms with Crippen LogP contribution in [0.25, 0.3) is 11.3 Å². The molecule has 0 atom stereocenters. The second kappa shape index (κ2) is 4.74. The van der Waals surface area contributed by atoms with Gasteiger partial charge in [-0.1, -0.05) is 16.8 Å². The summed E-state index contributed by atoms with van der Waals surface area (Å²) < 4.78 is 10.6. The molecule has 0 bridgehead atoms. The number of aromatic nitrogens is 1. The third-order valence-electron chi connectivity index (χ3n) is 2.66. The highest BCUT2D eigenvalue weighted by Gasteiger charge is 2.21. The van der Waals surface area contributed by atoms with Gasteiger partial charge in [-0.2, -0.15) is 11.8 Å². The predicted molar refractivity (Wildman–Crippen MR) is 73.1 cm³/mol. The van der Waals surface area contributed by atoms with Crippen LogP contribution in [0.5, 0.6) is 5.75 Å². The van der Waals surface area contributed by atoms with E-state index in [2.05, 4.69) is 5.16 Å². The van der Waals surface area contributed by atoms with Crippen molar-refractivity contribution in [2.45, 2.75) is 6.10 Å². The van der Waals surface area contributed by atoms with Crippen LogP contribution >= 0.6 is 23.4 Å². The number of nitrogen functional groups attached to an aromatic ring is 1. The standard InChI is InChI=1S/C12H11ClN2O2S/c13-9-3-7(10-4-12(14)17-15-10)1-2-11(9)16-8-5-18-6-8/h1-4,8H,5-6,14H2. The van der Waals surface area contributed by atoms with Crippen molar-refractivity contribution in [1.29, 1.82) is 0 Å². The molecule has 2 heterocycles. The van der Waals surface area contributed by atoms with Gasteiger partial charge < -0.3 is 15.0 Å². The van der Waals surface area contributed by atoms with E-state index in [1.54, 1.807) is 12.1 Å². The van der Waals surface area contributed by atoms with Crippen molar-refractivity contribution in [2.24, 2.45) is 0 Å². The number of halogens is 1. The third kappa shape index (κ3) is 2.28. The molecule has 1 aliphatic heterocycles. The number of ether oxygens (including phenoxy) is 1. The van der Waals surface area contributed by atoms with E-state index in [1.807, 2.05) is 23.9 Å². The fraction of sp³-hybridized carbons (Fsp3) is 0.250. The highest BCUT2D eigenvalue weighted by atomic mass is 35.5. The van der Waals surface area contributed by atoms with Gasteiger partial charge in [0, 0.05) is 23.1 Å². The van der Waals surface area contributed by atoms with Gasteiger partial charge in [0.1, 0.15) is 17.5 Å². The van der Waals surface area contributed by atoms with Gasteiger partial charge in [-0.15, -0.1) is 0 Å². The summed E-state index contributed by atoms with van der Waals surface area (Å²) in [4.78, 5) is 0. The van der Waals surface area contributed by atoms with Crippen molar-refractivity contribution >= 4 is 29.2 Å². The Hall–Kier alpha value is -1.33. The Bertz CT molecular complexity index is 569. The lowest BCUT2D eigenvalue weighted by Crippen LogP contribution is -2.31. The second-order valence-electron chi connectivity index (χ2n) is 4.04. The lowest BCUT2D eigenvalue weighted by molar-refractivity contribution is 0.240. The summed E-state index contributed by atoms with van der Waals surface area (Å²) in [5, 5.41) is 4.42. The first-order chi connectivity index (χ1) is 8.72. The van der Waals surface area contributed by atoms with Crippen LogP contribution in [0.4, 0.5) is 5.88 Å². The number of hydrogen-bond donors (Lipinski definition) is 1. The largest absolute Gasteiger partial charge is 0.487 e. The SMILES string of the molecule is Nc1cc(-c2ccc(OC3CSC3)c(Cl)c2)no1. The molecule has 0 saturated carbocycles. The first-order valence-electron chi connectivity index (χ1n) is 5.49. The van der Waals surface area contributed by atoms with Gasteiger partial charge >= 0.3 is 0 Å². The molecule has 1 aromatic heterocycles. The lowest BCUT2D eigenvalue weighted by Gasteiger charge is -2.26. The highest BCUT2D eigenvalue weighted by Crippen LogP contribution is 2.33. The number of rotatable bonds is 3. The van der Waals surface area contributed by atoms with Crippen molar-refractivity contribution in [3.63, 3.8) is 0 Å². The van der Waals surface area contributed by atoms with E-state index in [1.165, 1.54) is 0 Å². The first-order valence-corrected chi connectivity index (χ1v) is 7.02. The van der Waals surface area contributed by atoms with E-state index < -0.39 is 0 Å². The molecule has 94 valence electrons. The molecule has 18 heavy (non-hydrogen) atoms. The van der Waals surface area contributed by atoms with Gasteiger partial charge in [0.2, 0.25) is 5.88 Å². The summed E-state index contributed by atoms with van der Waals surface area (Å²) in [5.74, 6) is 3.05.